The van der Waals surface area contributed by atoms with Gasteiger partial charge in [-0.1, -0.05) is 0 Å². The normalized spacial score (nSPS) is 38.0. The monoisotopic (exact) mass is 241 g/mol. The van der Waals surface area contributed by atoms with Crippen LogP contribution in [0.1, 0.15) is 39.0 Å². The van der Waals surface area contributed by atoms with Crippen molar-refractivity contribution < 1.29 is 14.3 Å². The minimum absolute atomic E-state index is 0.0377. The molecule has 2 fully saturated rings. The first-order chi connectivity index (χ1) is 8.14. The van der Waals surface area contributed by atoms with Crippen molar-refractivity contribution in [2.45, 2.75) is 51.2 Å². The van der Waals surface area contributed by atoms with E-state index in [4.69, 9.17) is 9.47 Å². The van der Waals surface area contributed by atoms with Gasteiger partial charge in [0, 0.05) is 20.1 Å². The third-order valence-electron chi connectivity index (χ3n) is 4.05. The highest BCUT2D eigenvalue weighted by atomic mass is 16.5. The van der Waals surface area contributed by atoms with Gasteiger partial charge in [0.1, 0.15) is 6.10 Å². The summed E-state index contributed by atoms with van der Waals surface area (Å²) in [5.41, 5.74) is -0.319. The second-order valence-electron chi connectivity index (χ2n) is 5.54. The highest BCUT2D eigenvalue weighted by Crippen LogP contribution is 2.30. The lowest BCUT2D eigenvalue weighted by atomic mass is 9.89. The third kappa shape index (κ3) is 2.99. The lowest BCUT2D eigenvalue weighted by molar-refractivity contribution is -0.163. The minimum Gasteiger partial charge on any atom is -0.462 e. The average molecular weight is 241 g/mol. The van der Waals surface area contributed by atoms with Crippen LogP contribution in [0.3, 0.4) is 0 Å². The Labute approximate surface area is 103 Å². The summed E-state index contributed by atoms with van der Waals surface area (Å²) in [6.45, 7) is 3.65. The van der Waals surface area contributed by atoms with Crippen LogP contribution in [0.25, 0.3) is 0 Å². The fourth-order valence-electron chi connectivity index (χ4n) is 2.71. The molecule has 0 spiro atoms. The molecular weight excluding hydrogens is 218 g/mol. The minimum atomic E-state index is -0.319. The predicted molar refractivity (Wildman–Crippen MR) is 64.7 cm³/mol. The van der Waals surface area contributed by atoms with E-state index in [0.29, 0.717) is 0 Å². The molecule has 1 aliphatic heterocycles. The zero-order chi connectivity index (χ0) is 12.3. The number of hydrogen-bond acceptors (Lipinski definition) is 4. The molecule has 1 N–H and O–H groups in total. The van der Waals surface area contributed by atoms with Crippen molar-refractivity contribution in [3.05, 3.63) is 0 Å². The number of ether oxygens (including phenoxy) is 2. The summed E-state index contributed by atoms with van der Waals surface area (Å²) in [7, 11) is 1.73. The van der Waals surface area contributed by atoms with Gasteiger partial charge in [0.05, 0.1) is 11.5 Å². The molecule has 1 heterocycles. The van der Waals surface area contributed by atoms with Gasteiger partial charge in [0.2, 0.25) is 0 Å². The van der Waals surface area contributed by atoms with Gasteiger partial charge >= 0.3 is 5.97 Å². The fraction of sp³-hybridized carbons (Fsp3) is 0.923. The Hall–Kier alpha value is -0.610. The van der Waals surface area contributed by atoms with Gasteiger partial charge in [-0.05, 0) is 39.2 Å². The Morgan fingerprint density at radius 1 is 1.35 bits per heavy atom. The van der Waals surface area contributed by atoms with Gasteiger partial charge in [-0.3, -0.25) is 4.79 Å². The SMILES string of the molecule is COC1CCCC(OC(=O)C2(C)CCNC2)C1. The number of carbonyl (C=O) groups is 1. The lowest BCUT2D eigenvalue weighted by Crippen LogP contribution is -2.37. The Kier molecular flexibility index (Phi) is 4.05. The average Bonchev–Trinajstić information content (AvgIpc) is 2.78. The van der Waals surface area contributed by atoms with Gasteiger partial charge in [-0.25, -0.2) is 0 Å². The van der Waals surface area contributed by atoms with E-state index in [-0.39, 0.29) is 23.6 Å². The van der Waals surface area contributed by atoms with E-state index in [1.807, 2.05) is 6.92 Å². The molecule has 0 aromatic carbocycles. The first-order valence-corrected chi connectivity index (χ1v) is 6.59. The highest BCUT2D eigenvalue weighted by molar-refractivity contribution is 5.77. The largest absolute Gasteiger partial charge is 0.462 e. The maximum Gasteiger partial charge on any atom is 0.313 e. The van der Waals surface area contributed by atoms with Crippen molar-refractivity contribution in [3.8, 4) is 0 Å². The third-order valence-corrected chi connectivity index (χ3v) is 4.05. The van der Waals surface area contributed by atoms with E-state index in [0.717, 1.165) is 45.2 Å². The first-order valence-electron chi connectivity index (χ1n) is 6.59. The van der Waals surface area contributed by atoms with Crippen LogP contribution in [-0.4, -0.2) is 38.4 Å². The number of methoxy groups -OCH3 is 1. The molecule has 1 aliphatic carbocycles. The van der Waals surface area contributed by atoms with Gasteiger partial charge in [0.15, 0.2) is 0 Å². The molecule has 98 valence electrons. The van der Waals surface area contributed by atoms with Crippen molar-refractivity contribution in [1.82, 2.24) is 5.32 Å². The van der Waals surface area contributed by atoms with Crippen LogP contribution in [0.4, 0.5) is 0 Å². The maximum atomic E-state index is 12.1. The number of esters is 1. The Morgan fingerprint density at radius 3 is 2.76 bits per heavy atom. The van der Waals surface area contributed by atoms with Gasteiger partial charge in [-0.15, -0.1) is 0 Å². The summed E-state index contributed by atoms with van der Waals surface area (Å²) in [4.78, 5) is 12.1. The Bertz CT molecular complexity index is 274. The molecule has 2 rings (SSSR count). The zero-order valence-electron chi connectivity index (χ0n) is 10.8. The molecule has 17 heavy (non-hydrogen) atoms. The zero-order valence-corrected chi connectivity index (χ0v) is 10.8. The van der Waals surface area contributed by atoms with E-state index in [2.05, 4.69) is 5.32 Å². The molecular formula is C13H23NO3. The maximum absolute atomic E-state index is 12.1. The molecule has 3 unspecified atom stereocenters. The summed E-state index contributed by atoms with van der Waals surface area (Å²) in [6, 6.07) is 0. The molecule has 0 amide bonds. The van der Waals surface area contributed by atoms with Crippen molar-refractivity contribution in [3.63, 3.8) is 0 Å². The Balaban J connectivity index is 1.85. The highest BCUT2D eigenvalue weighted by Gasteiger charge is 2.39. The number of rotatable bonds is 3. The molecule has 4 nitrogen and oxygen atoms in total. The lowest BCUT2D eigenvalue weighted by Gasteiger charge is -2.30. The van der Waals surface area contributed by atoms with Crippen molar-refractivity contribution in [1.29, 1.82) is 0 Å². The number of carbonyl (C=O) groups excluding carboxylic acids is 1. The van der Waals surface area contributed by atoms with E-state index in [1.54, 1.807) is 7.11 Å². The fourth-order valence-corrected chi connectivity index (χ4v) is 2.71. The second kappa shape index (κ2) is 5.36. The second-order valence-corrected chi connectivity index (χ2v) is 5.54. The van der Waals surface area contributed by atoms with E-state index in [9.17, 15) is 4.79 Å². The molecule has 4 heteroatoms. The quantitative estimate of drug-likeness (QED) is 0.760. The number of nitrogens with one attached hydrogen (secondary N) is 1. The molecule has 0 radical (unpaired) electrons. The molecule has 0 bridgehead atoms. The van der Waals surface area contributed by atoms with Crippen LogP contribution in [0.5, 0.6) is 0 Å². The molecule has 1 saturated heterocycles. The number of hydrogen-bond donors (Lipinski definition) is 1. The van der Waals surface area contributed by atoms with Gasteiger partial charge in [0.25, 0.3) is 0 Å². The van der Waals surface area contributed by atoms with Gasteiger partial charge in [-0.2, -0.15) is 0 Å². The summed E-state index contributed by atoms with van der Waals surface area (Å²) in [5, 5.41) is 3.23. The van der Waals surface area contributed by atoms with Crippen LogP contribution < -0.4 is 5.32 Å². The van der Waals surface area contributed by atoms with Crippen molar-refractivity contribution in [2.75, 3.05) is 20.2 Å². The first kappa shape index (κ1) is 12.8. The standard InChI is InChI=1S/C13H23NO3/c1-13(6-7-14-9-13)12(15)17-11-5-3-4-10(8-11)16-2/h10-11,14H,3-9H2,1-2H3. The van der Waals surface area contributed by atoms with Crippen LogP contribution in [0.15, 0.2) is 0 Å². The van der Waals surface area contributed by atoms with Crippen molar-refractivity contribution in [2.24, 2.45) is 5.41 Å². The molecule has 1 saturated carbocycles. The molecule has 0 aromatic heterocycles. The smallest absolute Gasteiger partial charge is 0.313 e. The van der Waals surface area contributed by atoms with Crippen LogP contribution in [0, 0.1) is 5.41 Å². The van der Waals surface area contributed by atoms with E-state index < -0.39 is 0 Å². The van der Waals surface area contributed by atoms with Crippen LogP contribution >= 0.6 is 0 Å². The molecule has 2 aliphatic rings. The summed E-state index contributed by atoms with van der Waals surface area (Å²) < 4.78 is 11.0. The Morgan fingerprint density at radius 2 is 2.12 bits per heavy atom. The van der Waals surface area contributed by atoms with Crippen LogP contribution in [0.2, 0.25) is 0 Å². The topological polar surface area (TPSA) is 47.6 Å². The van der Waals surface area contributed by atoms with Gasteiger partial charge < -0.3 is 14.8 Å². The predicted octanol–water partition coefficient (Wildman–Crippen LogP) is 1.49. The summed E-state index contributed by atoms with van der Waals surface area (Å²) >= 11 is 0. The van der Waals surface area contributed by atoms with Crippen molar-refractivity contribution >= 4 is 5.97 Å². The summed E-state index contributed by atoms with van der Waals surface area (Å²) in [6.07, 6.45) is 5.21. The van der Waals surface area contributed by atoms with Crippen LogP contribution in [-0.2, 0) is 14.3 Å². The summed E-state index contributed by atoms with van der Waals surface area (Å²) in [5.74, 6) is -0.0377. The van der Waals surface area contributed by atoms with E-state index in [1.165, 1.54) is 0 Å². The molecule has 0 aromatic rings. The van der Waals surface area contributed by atoms with E-state index >= 15 is 0 Å². The molecule has 3 atom stereocenters.